The lowest BCUT2D eigenvalue weighted by molar-refractivity contribution is 0.102. The first kappa shape index (κ1) is 21.2. The number of hydrogen-bond acceptors (Lipinski definition) is 8. The quantitative estimate of drug-likeness (QED) is 0.492. The van der Waals surface area contributed by atoms with Crippen LogP contribution in [0.5, 0.6) is 5.75 Å². The molecule has 1 aromatic carbocycles. The number of amides is 1. The highest BCUT2D eigenvalue weighted by Gasteiger charge is 2.32. The Kier molecular flexibility index (Phi) is 5.63. The van der Waals surface area contributed by atoms with E-state index in [0.717, 1.165) is 42.2 Å². The fourth-order valence-corrected chi connectivity index (χ4v) is 4.03. The molecule has 166 valence electrons. The van der Waals surface area contributed by atoms with Gasteiger partial charge in [0.05, 0.1) is 47.7 Å². The predicted molar refractivity (Wildman–Crippen MR) is 122 cm³/mol. The Morgan fingerprint density at radius 2 is 2.03 bits per heavy atom. The number of morpholine rings is 1. The number of nitrogens with zero attached hydrogens (tertiary/aromatic N) is 3. The van der Waals surface area contributed by atoms with Crippen LogP contribution in [0.2, 0.25) is 0 Å². The van der Waals surface area contributed by atoms with Crippen molar-refractivity contribution in [2.45, 2.75) is 32.8 Å². The molecule has 0 atom stereocenters. The minimum Gasteiger partial charge on any atom is -0.487 e. The maximum atomic E-state index is 13.2. The molecule has 0 unspecified atom stereocenters. The molecular weight excluding hydrogens is 396 g/mol. The van der Waals surface area contributed by atoms with Gasteiger partial charge < -0.3 is 30.4 Å². The van der Waals surface area contributed by atoms with Gasteiger partial charge in [0.1, 0.15) is 11.4 Å². The molecule has 0 bridgehead atoms. The van der Waals surface area contributed by atoms with Crippen LogP contribution in [0.3, 0.4) is 0 Å². The standard InChI is InChI=1S/C22H30N6O3/c1-4-28(24)18-13-25-12-15(20(18)23)21(29)26-16-9-14-11-22(2,3)31-19(14)10-17(16)27-5-7-30-8-6-27/h9-10,12-13H,4-8,11,24H2,1-3H3,(H2,23,25)(H,26,29). The third kappa shape index (κ3) is 4.24. The number of nitrogens with one attached hydrogen (secondary N) is 1. The minimum absolute atomic E-state index is 0.277. The third-order valence-electron chi connectivity index (χ3n) is 5.64. The number of rotatable bonds is 5. The molecule has 9 nitrogen and oxygen atoms in total. The SMILES string of the molecule is CCN(N)c1cncc(C(=O)Nc2cc3c(cc2N2CCOCC2)OC(C)(C)C3)c1N. The number of hydrogen-bond donors (Lipinski definition) is 3. The second-order valence-electron chi connectivity index (χ2n) is 8.48. The lowest BCUT2D eigenvalue weighted by atomic mass is 10.0. The Bertz CT molecular complexity index is 987. The van der Waals surface area contributed by atoms with Gasteiger partial charge in [0.25, 0.3) is 5.91 Å². The van der Waals surface area contributed by atoms with Crippen LogP contribution in [-0.2, 0) is 11.2 Å². The fraction of sp³-hybridized carbons (Fsp3) is 0.455. The second-order valence-corrected chi connectivity index (χ2v) is 8.48. The van der Waals surface area contributed by atoms with Crippen molar-refractivity contribution in [3.63, 3.8) is 0 Å². The molecule has 2 aromatic rings. The molecule has 1 fully saturated rings. The van der Waals surface area contributed by atoms with E-state index in [2.05, 4.69) is 29.0 Å². The summed E-state index contributed by atoms with van der Waals surface area (Å²) in [6, 6.07) is 4.02. The molecule has 1 aromatic heterocycles. The van der Waals surface area contributed by atoms with Crippen molar-refractivity contribution in [2.24, 2.45) is 5.84 Å². The molecule has 2 aliphatic heterocycles. The summed E-state index contributed by atoms with van der Waals surface area (Å²) in [7, 11) is 0. The Labute approximate surface area is 182 Å². The summed E-state index contributed by atoms with van der Waals surface area (Å²) in [5.41, 5.74) is 9.77. The number of nitrogens with two attached hydrogens (primary N) is 2. The van der Waals surface area contributed by atoms with Crippen LogP contribution in [-0.4, -0.2) is 49.3 Å². The molecule has 9 heteroatoms. The summed E-state index contributed by atoms with van der Waals surface area (Å²) in [6.07, 6.45) is 3.79. The van der Waals surface area contributed by atoms with E-state index in [-0.39, 0.29) is 17.1 Å². The van der Waals surface area contributed by atoms with E-state index in [0.29, 0.717) is 31.1 Å². The first-order valence-electron chi connectivity index (χ1n) is 10.5. The number of hydrazine groups is 1. The van der Waals surface area contributed by atoms with Crippen molar-refractivity contribution in [1.29, 1.82) is 0 Å². The molecule has 4 rings (SSSR count). The Morgan fingerprint density at radius 1 is 1.29 bits per heavy atom. The monoisotopic (exact) mass is 426 g/mol. The molecule has 0 radical (unpaired) electrons. The van der Waals surface area contributed by atoms with Crippen molar-refractivity contribution in [3.8, 4) is 5.75 Å². The minimum atomic E-state index is -0.330. The maximum Gasteiger partial charge on any atom is 0.259 e. The predicted octanol–water partition coefficient (Wildman–Crippen LogP) is 2.17. The summed E-state index contributed by atoms with van der Waals surface area (Å²) in [4.78, 5) is 19.6. The maximum absolute atomic E-state index is 13.2. The first-order chi connectivity index (χ1) is 14.8. The van der Waals surface area contributed by atoms with Gasteiger partial charge >= 0.3 is 0 Å². The highest BCUT2D eigenvalue weighted by Crippen LogP contribution is 2.42. The van der Waals surface area contributed by atoms with E-state index < -0.39 is 0 Å². The number of ether oxygens (including phenoxy) is 2. The number of fused-ring (bicyclic) bond motifs is 1. The highest BCUT2D eigenvalue weighted by molar-refractivity contribution is 6.10. The smallest absolute Gasteiger partial charge is 0.259 e. The zero-order chi connectivity index (χ0) is 22.2. The van der Waals surface area contributed by atoms with Crippen molar-refractivity contribution in [1.82, 2.24) is 4.98 Å². The normalized spacial score (nSPS) is 17.1. The highest BCUT2D eigenvalue weighted by atomic mass is 16.5. The van der Waals surface area contributed by atoms with E-state index in [9.17, 15) is 4.79 Å². The Balaban J connectivity index is 1.69. The number of benzene rings is 1. The number of carbonyl (C=O) groups excluding carboxylic acids is 1. The fourth-order valence-electron chi connectivity index (χ4n) is 4.03. The number of aromatic nitrogens is 1. The van der Waals surface area contributed by atoms with Crippen LogP contribution in [0, 0.1) is 0 Å². The Hall–Kier alpha value is -3.04. The molecule has 0 saturated carbocycles. The summed E-state index contributed by atoms with van der Waals surface area (Å²) < 4.78 is 11.6. The second kappa shape index (κ2) is 8.24. The van der Waals surface area contributed by atoms with Gasteiger partial charge in [-0.25, -0.2) is 5.84 Å². The van der Waals surface area contributed by atoms with Crippen LogP contribution in [0.15, 0.2) is 24.5 Å². The molecular formula is C22H30N6O3. The van der Waals surface area contributed by atoms with Crippen LogP contribution < -0.4 is 31.5 Å². The number of nitrogen functional groups attached to an aromatic ring is 1. The van der Waals surface area contributed by atoms with Crippen LogP contribution in [0.25, 0.3) is 0 Å². The van der Waals surface area contributed by atoms with Crippen molar-refractivity contribution >= 4 is 28.7 Å². The molecule has 3 heterocycles. The first-order valence-corrected chi connectivity index (χ1v) is 10.5. The van der Waals surface area contributed by atoms with E-state index in [1.54, 1.807) is 6.20 Å². The Morgan fingerprint density at radius 3 is 2.74 bits per heavy atom. The number of pyridine rings is 1. The summed E-state index contributed by atoms with van der Waals surface area (Å²) in [5.74, 6) is 6.50. The topological polar surface area (TPSA) is 119 Å². The van der Waals surface area contributed by atoms with Gasteiger partial charge in [-0.15, -0.1) is 0 Å². The van der Waals surface area contributed by atoms with Gasteiger partial charge in [0.2, 0.25) is 0 Å². The average Bonchev–Trinajstić information content (AvgIpc) is 3.06. The van der Waals surface area contributed by atoms with Gasteiger partial charge in [-0.05, 0) is 26.8 Å². The molecule has 5 N–H and O–H groups in total. The van der Waals surface area contributed by atoms with Gasteiger partial charge in [0.15, 0.2) is 0 Å². The average molecular weight is 427 g/mol. The molecule has 2 aliphatic rings. The van der Waals surface area contributed by atoms with E-state index in [1.165, 1.54) is 11.2 Å². The van der Waals surface area contributed by atoms with E-state index in [1.807, 2.05) is 19.1 Å². The summed E-state index contributed by atoms with van der Waals surface area (Å²) in [6.45, 7) is 9.31. The van der Waals surface area contributed by atoms with E-state index in [4.69, 9.17) is 21.1 Å². The van der Waals surface area contributed by atoms with Crippen LogP contribution in [0.1, 0.15) is 36.7 Å². The van der Waals surface area contributed by atoms with Crippen LogP contribution >= 0.6 is 0 Å². The van der Waals surface area contributed by atoms with Crippen molar-refractivity contribution in [2.75, 3.05) is 53.8 Å². The van der Waals surface area contributed by atoms with Gasteiger partial charge in [-0.3, -0.25) is 9.78 Å². The van der Waals surface area contributed by atoms with Gasteiger partial charge in [0, 0.05) is 43.9 Å². The van der Waals surface area contributed by atoms with Gasteiger partial charge in [-0.2, -0.15) is 0 Å². The molecule has 0 spiro atoms. The van der Waals surface area contributed by atoms with Crippen molar-refractivity contribution < 1.29 is 14.3 Å². The number of anilines is 4. The van der Waals surface area contributed by atoms with Crippen molar-refractivity contribution in [3.05, 3.63) is 35.7 Å². The number of carbonyl (C=O) groups is 1. The lowest BCUT2D eigenvalue weighted by Gasteiger charge is -2.31. The van der Waals surface area contributed by atoms with Gasteiger partial charge in [-0.1, -0.05) is 0 Å². The zero-order valence-electron chi connectivity index (χ0n) is 18.3. The lowest BCUT2D eigenvalue weighted by Crippen LogP contribution is -2.37. The molecule has 31 heavy (non-hydrogen) atoms. The van der Waals surface area contributed by atoms with Crippen LogP contribution in [0.4, 0.5) is 22.7 Å². The molecule has 1 saturated heterocycles. The third-order valence-corrected chi connectivity index (χ3v) is 5.64. The molecule has 1 amide bonds. The zero-order valence-corrected chi connectivity index (χ0v) is 18.3. The summed E-state index contributed by atoms with van der Waals surface area (Å²) in [5, 5.41) is 4.52. The summed E-state index contributed by atoms with van der Waals surface area (Å²) >= 11 is 0. The van der Waals surface area contributed by atoms with E-state index >= 15 is 0 Å². The largest absolute Gasteiger partial charge is 0.487 e. The molecule has 0 aliphatic carbocycles.